The molecule has 1 N–H and O–H groups in total. The maximum absolute atomic E-state index is 12.8. The minimum Gasteiger partial charge on any atom is -0.506 e. The van der Waals surface area contributed by atoms with E-state index >= 15 is 0 Å². The number of benzene rings is 2. The van der Waals surface area contributed by atoms with Crippen LogP contribution in [-0.2, 0) is 0 Å². The molecule has 0 radical (unpaired) electrons. The first-order valence-corrected chi connectivity index (χ1v) is 9.51. The van der Waals surface area contributed by atoms with Crippen LogP contribution in [0.2, 0.25) is 0 Å². The summed E-state index contributed by atoms with van der Waals surface area (Å²) in [6.45, 7) is 7.35. The highest BCUT2D eigenvalue weighted by Crippen LogP contribution is 2.39. The number of aromatic hydroxyl groups is 1. The van der Waals surface area contributed by atoms with Crippen molar-refractivity contribution in [3.8, 4) is 17.1 Å². The highest BCUT2D eigenvalue weighted by atomic mass is 16.4. The van der Waals surface area contributed by atoms with Crippen LogP contribution in [-0.4, -0.2) is 5.11 Å². The van der Waals surface area contributed by atoms with E-state index < -0.39 is 11.3 Å². The van der Waals surface area contributed by atoms with E-state index in [2.05, 4.69) is 0 Å². The molecule has 3 aromatic heterocycles. The highest BCUT2D eigenvalue weighted by molar-refractivity contribution is 6.05. The third kappa shape index (κ3) is 2.37. The van der Waals surface area contributed by atoms with E-state index in [4.69, 9.17) is 13.3 Å². The highest BCUT2D eigenvalue weighted by Gasteiger charge is 2.24. The third-order valence-corrected chi connectivity index (χ3v) is 5.62. The van der Waals surface area contributed by atoms with E-state index in [0.717, 1.165) is 22.3 Å². The molecule has 6 nitrogen and oxygen atoms in total. The smallest absolute Gasteiger partial charge is 0.351 e. The number of rotatable bonds is 1. The summed E-state index contributed by atoms with van der Waals surface area (Å²) in [4.78, 5) is 25.4. The van der Waals surface area contributed by atoms with Crippen molar-refractivity contribution >= 4 is 32.9 Å². The number of hydrogen-bond donors (Lipinski definition) is 1. The van der Waals surface area contributed by atoms with Gasteiger partial charge in [-0.2, -0.15) is 0 Å². The van der Waals surface area contributed by atoms with Crippen molar-refractivity contribution < 1.29 is 18.4 Å². The molecule has 6 heteroatoms. The summed E-state index contributed by atoms with van der Waals surface area (Å²) in [5.74, 6) is -0.178. The van der Waals surface area contributed by atoms with Crippen LogP contribution in [0.15, 0.2) is 53.2 Å². The minimum absolute atomic E-state index is 0.0553. The summed E-state index contributed by atoms with van der Waals surface area (Å²) in [5.41, 5.74) is 2.80. The van der Waals surface area contributed by atoms with Crippen molar-refractivity contribution in [2.24, 2.45) is 0 Å². The topological polar surface area (TPSA) is 93.8 Å². The molecule has 0 aliphatic rings. The summed E-state index contributed by atoms with van der Waals surface area (Å²) >= 11 is 0. The standard InChI is InChI=1S/C24H18O6/c1-10-5-7-12(3)20-16(10)19(25)18(24(27)30-20)15-9-14-22(28-15)17-11(2)6-8-13(4)21(17)29-23(14)26/h5-9,25H,1-4H3. The second-order valence-electron chi connectivity index (χ2n) is 7.66. The van der Waals surface area contributed by atoms with Gasteiger partial charge < -0.3 is 18.4 Å². The zero-order valence-corrected chi connectivity index (χ0v) is 16.9. The van der Waals surface area contributed by atoms with Crippen LogP contribution in [0.3, 0.4) is 0 Å². The van der Waals surface area contributed by atoms with E-state index in [0.29, 0.717) is 27.5 Å². The van der Waals surface area contributed by atoms with Gasteiger partial charge in [-0.1, -0.05) is 24.3 Å². The lowest BCUT2D eigenvalue weighted by Crippen LogP contribution is -2.04. The Hall–Kier alpha value is -3.80. The Morgan fingerprint density at radius 3 is 1.87 bits per heavy atom. The summed E-state index contributed by atoms with van der Waals surface area (Å²) in [6, 6.07) is 8.86. The predicted molar refractivity (Wildman–Crippen MR) is 114 cm³/mol. The van der Waals surface area contributed by atoms with Crippen LogP contribution in [0.5, 0.6) is 5.75 Å². The zero-order valence-electron chi connectivity index (χ0n) is 16.9. The zero-order chi connectivity index (χ0) is 21.3. The molecule has 0 fully saturated rings. The molecule has 150 valence electrons. The van der Waals surface area contributed by atoms with Crippen LogP contribution in [0.1, 0.15) is 22.3 Å². The van der Waals surface area contributed by atoms with Gasteiger partial charge in [-0.05, 0) is 49.9 Å². The van der Waals surface area contributed by atoms with E-state index in [1.165, 1.54) is 6.07 Å². The fraction of sp³-hybridized carbons (Fsp3) is 0.167. The molecular weight excluding hydrogens is 384 g/mol. The molecule has 5 rings (SSSR count). The Kier molecular flexibility index (Phi) is 3.71. The molecular formula is C24H18O6. The van der Waals surface area contributed by atoms with Crippen molar-refractivity contribution in [1.82, 2.24) is 0 Å². The second kappa shape index (κ2) is 6.10. The lowest BCUT2D eigenvalue weighted by Gasteiger charge is -2.08. The van der Waals surface area contributed by atoms with Crippen LogP contribution in [0.4, 0.5) is 0 Å². The Balaban J connectivity index is 1.93. The molecule has 30 heavy (non-hydrogen) atoms. The van der Waals surface area contributed by atoms with Crippen LogP contribution < -0.4 is 11.3 Å². The fourth-order valence-electron chi connectivity index (χ4n) is 3.99. The van der Waals surface area contributed by atoms with Crippen molar-refractivity contribution in [3.63, 3.8) is 0 Å². The molecule has 3 heterocycles. The van der Waals surface area contributed by atoms with Gasteiger partial charge in [0.25, 0.3) is 0 Å². The number of fused-ring (bicyclic) bond motifs is 4. The molecule has 0 bridgehead atoms. The van der Waals surface area contributed by atoms with E-state index in [1.807, 2.05) is 45.0 Å². The van der Waals surface area contributed by atoms with Gasteiger partial charge in [-0.15, -0.1) is 0 Å². The maximum atomic E-state index is 12.8. The van der Waals surface area contributed by atoms with Crippen LogP contribution in [0.25, 0.3) is 44.2 Å². The van der Waals surface area contributed by atoms with Gasteiger partial charge in [-0.3, -0.25) is 0 Å². The van der Waals surface area contributed by atoms with Crippen molar-refractivity contribution in [2.45, 2.75) is 27.7 Å². The largest absolute Gasteiger partial charge is 0.506 e. The minimum atomic E-state index is -0.741. The molecule has 0 atom stereocenters. The maximum Gasteiger partial charge on any atom is 0.351 e. The van der Waals surface area contributed by atoms with Crippen molar-refractivity contribution in [1.29, 1.82) is 0 Å². The predicted octanol–water partition coefficient (Wildman–Crippen LogP) is 5.25. The van der Waals surface area contributed by atoms with Gasteiger partial charge in [0, 0.05) is 6.07 Å². The first kappa shape index (κ1) is 18.2. The summed E-state index contributed by atoms with van der Waals surface area (Å²) < 4.78 is 17.0. The first-order valence-electron chi connectivity index (χ1n) is 9.51. The van der Waals surface area contributed by atoms with E-state index in [-0.39, 0.29) is 22.5 Å². The van der Waals surface area contributed by atoms with Crippen molar-refractivity contribution in [2.75, 3.05) is 0 Å². The Morgan fingerprint density at radius 2 is 1.20 bits per heavy atom. The molecule has 0 unspecified atom stereocenters. The molecule has 0 saturated heterocycles. The summed E-state index contributed by atoms with van der Waals surface area (Å²) in [6.07, 6.45) is 0. The van der Waals surface area contributed by atoms with Crippen molar-refractivity contribution in [3.05, 3.63) is 73.4 Å². The average Bonchev–Trinajstić information content (AvgIpc) is 3.13. The third-order valence-electron chi connectivity index (χ3n) is 5.62. The lowest BCUT2D eigenvalue weighted by atomic mass is 10.0. The molecule has 0 spiro atoms. The quantitative estimate of drug-likeness (QED) is 0.385. The van der Waals surface area contributed by atoms with Crippen LogP contribution >= 0.6 is 0 Å². The Morgan fingerprint density at radius 1 is 0.667 bits per heavy atom. The van der Waals surface area contributed by atoms with Crippen LogP contribution in [0, 0.1) is 27.7 Å². The first-order chi connectivity index (χ1) is 14.3. The van der Waals surface area contributed by atoms with Gasteiger partial charge >= 0.3 is 11.3 Å². The fourth-order valence-corrected chi connectivity index (χ4v) is 3.99. The van der Waals surface area contributed by atoms with Gasteiger partial charge in [0.05, 0.1) is 10.8 Å². The normalized spacial score (nSPS) is 11.7. The molecule has 0 amide bonds. The van der Waals surface area contributed by atoms with E-state index in [9.17, 15) is 14.7 Å². The van der Waals surface area contributed by atoms with Gasteiger partial charge in [0.15, 0.2) is 5.58 Å². The second-order valence-corrected chi connectivity index (χ2v) is 7.66. The number of hydrogen-bond acceptors (Lipinski definition) is 6. The summed E-state index contributed by atoms with van der Waals surface area (Å²) in [5, 5.41) is 12.3. The monoisotopic (exact) mass is 402 g/mol. The number of aryl methyl sites for hydroxylation is 4. The molecule has 0 saturated carbocycles. The average molecular weight is 402 g/mol. The Labute approximate surface area is 170 Å². The number of furan rings is 1. The van der Waals surface area contributed by atoms with Gasteiger partial charge in [0.2, 0.25) is 0 Å². The van der Waals surface area contributed by atoms with Gasteiger partial charge in [0.1, 0.15) is 33.6 Å². The lowest BCUT2D eigenvalue weighted by molar-refractivity contribution is 0.466. The molecule has 0 aliphatic heterocycles. The Bertz CT molecular complexity index is 1630. The summed E-state index contributed by atoms with van der Waals surface area (Å²) in [7, 11) is 0. The molecule has 5 aromatic rings. The molecule has 0 aliphatic carbocycles. The van der Waals surface area contributed by atoms with Gasteiger partial charge in [-0.25, -0.2) is 9.59 Å². The molecule has 2 aromatic carbocycles. The SMILES string of the molecule is Cc1ccc(C)c2c(O)c(-c3cc4c(=O)oc5c(C)ccc(C)c5c4o3)c(=O)oc12. The van der Waals surface area contributed by atoms with E-state index in [1.54, 1.807) is 6.92 Å².